The second-order valence-corrected chi connectivity index (χ2v) is 1.73. The standard InChI is InChI=1S/C4H8N4/c5-4-1-7-3-8(6)2-4/h3,5H,1-2,6H2. The quantitative estimate of drug-likeness (QED) is 0.404. The van der Waals surface area contributed by atoms with Gasteiger partial charge in [-0.2, -0.15) is 0 Å². The summed E-state index contributed by atoms with van der Waals surface area (Å²) in [5.41, 5.74) is 0.565. The van der Waals surface area contributed by atoms with E-state index < -0.39 is 0 Å². The number of nitrogens with two attached hydrogens (primary N) is 1. The molecule has 4 nitrogen and oxygen atoms in total. The maximum atomic E-state index is 7.08. The Morgan fingerprint density at radius 2 is 2.62 bits per heavy atom. The van der Waals surface area contributed by atoms with Crippen LogP contribution in [0, 0.1) is 5.41 Å². The number of hydrazine groups is 1. The number of nitrogens with one attached hydrogen (secondary N) is 1. The fraction of sp³-hybridized carbons (Fsp3) is 0.500. The van der Waals surface area contributed by atoms with E-state index in [4.69, 9.17) is 11.3 Å². The first kappa shape index (κ1) is 5.24. The minimum Gasteiger partial charge on any atom is -0.306 e. The highest BCUT2D eigenvalue weighted by molar-refractivity contribution is 5.89. The molecule has 44 valence electrons. The molecule has 0 atom stereocenters. The molecule has 0 aromatic carbocycles. The first-order valence-corrected chi connectivity index (χ1v) is 2.36. The van der Waals surface area contributed by atoms with Crippen LogP contribution in [0.15, 0.2) is 4.99 Å². The molecule has 0 radical (unpaired) electrons. The van der Waals surface area contributed by atoms with E-state index >= 15 is 0 Å². The lowest BCUT2D eigenvalue weighted by molar-refractivity contribution is 0.506. The third-order valence-electron chi connectivity index (χ3n) is 0.886. The minimum atomic E-state index is 0.508. The van der Waals surface area contributed by atoms with Crippen molar-refractivity contribution in [1.29, 1.82) is 5.41 Å². The van der Waals surface area contributed by atoms with E-state index in [-0.39, 0.29) is 0 Å². The predicted octanol–water partition coefficient (Wildman–Crippen LogP) is -0.776. The molecule has 4 heteroatoms. The van der Waals surface area contributed by atoms with Crippen molar-refractivity contribution in [1.82, 2.24) is 5.01 Å². The molecule has 0 saturated carbocycles. The monoisotopic (exact) mass is 112 g/mol. The van der Waals surface area contributed by atoms with E-state index in [1.807, 2.05) is 0 Å². The van der Waals surface area contributed by atoms with Crippen molar-refractivity contribution in [2.75, 3.05) is 13.1 Å². The predicted molar refractivity (Wildman–Crippen MR) is 32.0 cm³/mol. The lowest BCUT2D eigenvalue weighted by Gasteiger charge is -2.15. The Balaban J connectivity index is 2.54. The highest BCUT2D eigenvalue weighted by atomic mass is 15.4. The third kappa shape index (κ3) is 1.04. The van der Waals surface area contributed by atoms with Crippen LogP contribution in [0.5, 0.6) is 0 Å². The Kier molecular flexibility index (Phi) is 1.26. The number of hydrogen-bond donors (Lipinski definition) is 2. The molecule has 0 aromatic heterocycles. The van der Waals surface area contributed by atoms with Crippen molar-refractivity contribution in [3.05, 3.63) is 0 Å². The van der Waals surface area contributed by atoms with Gasteiger partial charge in [0.2, 0.25) is 0 Å². The van der Waals surface area contributed by atoms with Crippen LogP contribution in [0.1, 0.15) is 0 Å². The van der Waals surface area contributed by atoms with Crippen molar-refractivity contribution in [2.45, 2.75) is 0 Å². The van der Waals surface area contributed by atoms with Gasteiger partial charge in [-0.25, -0.2) is 5.84 Å². The van der Waals surface area contributed by atoms with Gasteiger partial charge in [-0.15, -0.1) is 0 Å². The second-order valence-electron chi connectivity index (χ2n) is 1.73. The van der Waals surface area contributed by atoms with Gasteiger partial charge in [0, 0.05) is 0 Å². The molecule has 1 heterocycles. The van der Waals surface area contributed by atoms with E-state index in [1.165, 1.54) is 11.3 Å². The normalized spacial score (nSPS) is 19.6. The molecule has 1 aliphatic heterocycles. The van der Waals surface area contributed by atoms with Crippen LogP contribution in [0.2, 0.25) is 0 Å². The fourth-order valence-corrected chi connectivity index (χ4v) is 0.567. The summed E-state index contributed by atoms with van der Waals surface area (Å²) in [4.78, 5) is 3.79. The van der Waals surface area contributed by atoms with Crippen LogP contribution in [0.3, 0.4) is 0 Å². The Morgan fingerprint density at radius 3 is 3.00 bits per heavy atom. The summed E-state index contributed by atoms with van der Waals surface area (Å²) >= 11 is 0. The number of hydrogen-bond acceptors (Lipinski definition) is 4. The molecule has 0 amide bonds. The minimum absolute atomic E-state index is 0.508. The van der Waals surface area contributed by atoms with E-state index in [2.05, 4.69) is 4.99 Å². The molecule has 8 heavy (non-hydrogen) atoms. The lowest BCUT2D eigenvalue weighted by atomic mass is 10.3. The van der Waals surface area contributed by atoms with E-state index in [0.29, 0.717) is 18.8 Å². The van der Waals surface area contributed by atoms with Crippen LogP contribution in [0.25, 0.3) is 0 Å². The Labute approximate surface area is 47.5 Å². The van der Waals surface area contributed by atoms with Crippen molar-refractivity contribution in [3.8, 4) is 0 Å². The smallest absolute Gasteiger partial charge is 0.0998 e. The van der Waals surface area contributed by atoms with Gasteiger partial charge in [-0.05, 0) is 0 Å². The summed E-state index contributed by atoms with van der Waals surface area (Å²) in [6.07, 6.45) is 1.54. The van der Waals surface area contributed by atoms with E-state index in [1.54, 1.807) is 0 Å². The zero-order chi connectivity index (χ0) is 5.98. The zero-order valence-corrected chi connectivity index (χ0v) is 4.46. The van der Waals surface area contributed by atoms with Gasteiger partial charge in [-0.3, -0.25) is 10.0 Å². The summed E-state index contributed by atoms with van der Waals surface area (Å²) in [7, 11) is 0. The molecular weight excluding hydrogens is 104 g/mol. The fourth-order valence-electron chi connectivity index (χ4n) is 0.567. The van der Waals surface area contributed by atoms with E-state index in [0.717, 1.165) is 0 Å². The van der Waals surface area contributed by atoms with Gasteiger partial charge >= 0.3 is 0 Å². The SMILES string of the molecule is N=C1CN=CN(N)C1. The average Bonchev–Trinajstić information content (AvgIpc) is 1.64. The third-order valence-corrected chi connectivity index (χ3v) is 0.886. The number of aliphatic imine (C=N–C) groups is 1. The summed E-state index contributed by atoms with van der Waals surface area (Å²) in [6.45, 7) is 1.02. The summed E-state index contributed by atoms with van der Waals surface area (Å²) in [5.74, 6) is 5.27. The van der Waals surface area contributed by atoms with Crippen LogP contribution in [0.4, 0.5) is 0 Å². The molecule has 0 saturated heterocycles. The van der Waals surface area contributed by atoms with Crippen molar-refractivity contribution in [3.63, 3.8) is 0 Å². The molecule has 0 bridgehead atoms. The van der Waals surface area contributed by atoms with Crippen LogP contribution in [-0.2, 0) is 0 Å². The Bertz CT molecular complexity index is 128. The summed E-state index contributed by atoms with van der Waals surface area (Å²) in [5, 5.41) is 8.48. The molecule has 3 N–H and O–H groups in total. The molecule has 0 spiro atoms. The Morgan fingerprint density at radius 1 is 1.88 bits per heavy atom. The molecule has 0 unspecified atom stereocenters. The van der Waals surface area contributed by atoms with Gasteiger partial charge in [0.05, 0.1) is 25.1 Å². The van der Waals surface area contributed by atoms with Gasteiger partial charge in [0.25, 0.3) is 0 Å². The topological polar surface area (TPSA) is 65.5 Å². The maximum Gasteiger partial charge on any atom is 0.0998 e. The highest BCUT2D eigenvalue weighted by Crippen LogP contribution is 1.85. The van der Waals surface area contributed by atoms with Gasteiger partial charge < -0.3 is 5.41 Å². The summed E-state index contributed by atoms with van der Waals surface area (Å²) < 4.78 is 0. The van der Waals surface area contributed by atoms with Crippen molar-refractivity contribution >= 4 is 12.1 Å². The van der Waals surface area contributed by atoms with Crippen molar-refractivity contribution in [2.24, 2.45) is 10.8 Å². The molecule has 1 aliphatic rings. The lowest BCUT2D eigenvalue weighted by Crippen LogP contribution is -2.38. The van der Waals surface area contributed by atoms with Crippen molar-refractivity contribution < 1.29 is 0 Å². The first-order chi connectivity index (χ1) is 3.79. The van der Waals surface area contributed by atoms with Gasteiger partial charge in [-0.1, -0.05) is 0 Å². The van der Waals surface area contributed by atoms with Crippen LogP contribution < -0.4 is 5.84 Å². The Hall–Kier alpha value is -0.900. The summed E-state index contributed by atoms with van der Waals surface area (Å²) in [6, 6.07) is 0. The number of rotatable bonds is 0. The first-order valence-electron chi connectivity index (χ1n) is 2.36. The molecule has 0 aromatic rings. The average molecular weight is 112 g/mol. The maximum absolute atomic E-state index is 7.08. The van der Waals surface area contributed by atoms with Gasteiger partial charge in [0.15, 0.2) is 0 Å². The molecule has 0 fully saturated rings. The van der Waals surface area contributed by atoms with Crippen LogP contribution in [-0.4, -0.2) is 30.1 Å². The molecule has 1 rings (SSSR count). The van der Waals surface area contributed by atoms with Crippen LogP contribution >= 0.6 is 0 Å². The molecular formula is C4H8N4. The number of nitrogens with zero attached hydrogens (tertiary/aromatic N) is 2. The second kappa shape index (κ2) is 1.92. The highest BCUT2D eigenvalue weighted by Gasteiger charge is 2.02. The zero-order valence-electron chi connectivity index (χ0n) is 4.46. The largest absolute Gasteiger partial charge is 0.306 e. The van der Waals surface area contributed by atoms with E-state index in [9.17, 15) is 0 Å². The van der Waals surface area contributed by atoms with Gasteiger partial charge in [0.1, 0.15) is 0 Å². The molecule has 0 aliphatic carbocycles.